The molecule has 0 saturated carbocycles. The summed E-state index contributed by atoms with van der Waals surface area (Å²) in [7, 11) is 0. The second-order valence-corrected chi connectivity index (χ2v) is 4.55. The number of hydrogen-bond donors (Lipinski definition) is 1. The topological polar surface area (TPSA) is 39.1 Å². The molecule has 0 bridgehead atoms. The molecule has 1 fully saturated rings. The molecule has 17 heavy (non-hydrogen) atoms. The van der Waals surface area contributed by atoms with Gasteiger partial charge in [-0.05, 0) is 38.8 Å². The van der Waals surface area contributed by atoms with Crippen LogP contribution in [0, 0.1) is 0 Å². The van der Waals surface area contributed by atoms with Crippen molar-refractivity contribution in [2.45, 2.75) is 51.8 Å². The van der Waals surface area contributed by atoms with E-state index < -0.39 is 0 Å². The van der Waals surface area contributed by atoms with Crippen LogP contribution in [-0.2, 0) is 11.3 Å². The Balaban J connectivity index is 2.04. The van der Waals surface area contributed by atoms with E-state index >= 15 is 0 Å². The number of nitrogens with one attached hydrogen (secondary N) is 1. The molecule has 0 radical (unpaired) electrons. The lowest BCUT2D eigenvalue weighted by molar-refractivity contribution is 0.0938. The number of hydrogen-bond acceptors (Lipinski definition) is 3. The van der Waals surface area contributed by atoms with Gasteiger partial charge in [-0.2, -0.15) is 5.10 Å². The van der Waals surface area contributed by atoms with Crippen molar-refractivity contribution in [3.05, 3.63) is 18.0 Å². The van der Waals surface area contributed by atoms with Gasteiger partial charge >= 0.3 is 0 Å². The molecule has 2 heterocycles. The first kappa shape index (κ1) is 12.6. The summed E-state index contributed by atoms with van der Waals surface area (Å²) in [4.78, 5) is 0. The molecule has 4 heteroatoms. The fourth-order valence-corrected chi connectivity index (χ4v) is 2.55. The van der Waals surface area contributed by atoms with E-state index in [1.807, 2.05) is 6.20 Å². The van der Waals surface area contributed by atoms with Crippen LogP contribution in [0.25, 0.3) is 0 Å². The molecule has 1 N–H and O–H groups in total. The van der Waals surface area contributed by atoms with Gasteiger partial charge in [-0.1, -0.05) is 6.92 Å². The largest absolute Gasteiger partial charge is 0.378 e. The van der Waals surface area contributed by atoms with Gasteiger partial charge in [0, 0.05) is 19.3 Å². The number of aryl methyl sites for hydroxylation is 1. The van der Waals surface area contributed by atoms with Gasteiger partial charge in [-0.15, -0.1) is 0 Å². The highest BCUT2D eigenvalue weighted by molar-refractivity contribution is 5.07. The van der Waals surface area contributed by atoms with Gasteiger partial charge in [0.15, 0.2) is 0 Å². The van der Waals surface area contributed by atoms with E-state index in [2.05, 4.69) is 35.0 Å². The Morgan fingerprint density at radius 3 is 3.12 bits per heavy atom. The predicted molar refractivity (Wildman–Crippen MR) is 67.9 cm³/mol. The van der Waals surface area contributed by atoms with Gasteiger partial charge in [-0.3, -0.25) is 4.68 Å². The third kappa shape index (κ3) is 3.07. The van der Waals surface area contributed by atoms with E-state index in [4.69, 9.17) is 4.74 Å². The fourth-order valence-electron chi connectivity index (χ4n) is 2.55. The molecule has 0 spiro atoms. The highest BCUT2D eigenvalue weighted by atomic mass is 16.5. The first-order chi connectivity index (χ1) is 8.35. The molecule has 2 unspecified atom stereocenters. The minimum absolute atomic E-state index is 0.366. The van der Waals surface area contributed by atoms with Crippen molar-refractivity contribution in [2.75, 3.05) is 13.2 Å². The first-order valence-corrected chi connectivity index (χ1v) is 6.71. The summed E-state index contributed by atoms with van der Waals surface area (Å²) in [6, 6.07) is 2.48. The zero-order valence-electron chi connectivity index (χ0n) is 10.9. The van der Waals surface area contributed by atoms with E-state index in [0.717, 1.165) is 26.1 Å². The van der Waals surface area contributed by atoms with Crippen molar-refractivity contribution in [2.24, 2.45) is 0 Å². The van der Waals surface area contributed by atoms with Gasteiger partial charge in [-0.25, -0.2) is 0 Å². The van der Waals surface area contributed by atoms with Crippen molar-refractivity contribution in [1.82, 2.24) is 15.1 Å². The maximum Gasteiger partial charge on any atom is 0.0594 e. The molecule has 0 aromatic carbocycles. The summed E-state index contributed by atoms with van der Waals surface area (Å²) < 4.78 is 7.80. The molecule has 1 saturated heterocycles. The van der Waals surface area contributed by atoms with Crippen LogP contribution in [0.5, 0.6) is 0 Å². The van der Waals surface area contributed by atoms with E-state index in [1.165, 1.54) is 18.5 Å². The number of rotatable bonds is 6. The highest BCUT2D eigenvalue weighted by Gasteiger charge is 2.23. The smallest absolute Gasteiger partial charge is 0.0594 e. The second-order valence-electron chi connectivity index (χ2n) is 4.55. The Bertz CT molecular complexity index is 331. The van der Waals surface area contributed by atoms with Gasteiger partial charge in [0.05, 0.1) is 17.8 Å². The maximum atomic E-state index is 5.73. The SMILES string of the molecule is CCNC(CC1CCCO1)c1ccnn1CC. The summed E-state index contributed by atoms with van der Waals surface area (Å²) in [5.74, 6) is 0. The molecule has 0 aliphatic carbocycles. The van der Waals surface area contributed by atoms with Crippen LogP contribution in [0.1, 0.15) is 44.8 Å². The van der Waals surface area contributed by atoms with Crippen LogP contribution in [-0.4, -0.2) is 29.0 Å². The minimum atomic E-state index is 0.366. The normalized spacial score (nSPS) is 21.9. The molecular weight excluding hydrogens is 214 g/mol. The van der Waals surface area contributed by atoms with Gasteiger partial charge in [0.2, 0.25) is 0 Å². The summed E-state index contributed by atoms with van der Waals surface area (Å²) >= 11 is 0. The van der Waals surface area contributed by atoms with Crippen molar-refractivity contribution >= 4 is 0 Å². The van der Waals surface area contributed by atoms with E-state index in [1.54, 1.807) is 0 Å². The summed E-state index contributed by atoms with van der Waals surface area (Å²) in [5.41, 5.74) is 1.28. The molecule has 2 rings (SSSR count). The van der Waals surface area contributed by atoms with Crippen LogP contribution in [0.2, 0.25) is 0 Å². The Labute approximate surface area is 103 Å². The highest BCUT2D eigenvalue weighted by Crippen LogP contribution is 2.25. The van der Waals surface area contributed by atoms with Crippen LogP contribution in [0.15, 0.2) is 12.3 Å². The summed E-state index contributed by atoms with van der Waals surface area (Å²) in [5, 5.41) is 7.89. The summed E-state index contributed by atoms with van der Waals surface area (Å²) in [6.07, 6.45) is 5.76. The van der Waals surface area contributed by atoms with Gasteiger partial charge in [0.1, 0.15) is 0 Å². The number of nitrogens with zero attached hydrogens (tertiary/aromatic N) is 2. The van der Waals surface area contributed by atoms with Crippen molar-refractivity contribution in [1.29, 1.82) is 0 Å². The third-order valence-electron chi connectivity index (χ3n) is 3.38. The maximum absolute atomic E-state index is 5.73. The Morgan fingerprint density at radius 1 is 1.59 bits per heavy atom. The first-order valence-electron chi connectivity index (χ1n) is 6.71. The Morgan fingerprint density at radius 2 is 2.47 bits per heavy atom. The zero-order chi connectivity index (χ0) is 12.1. The molecular formula is C13H23N3O. The standard InChI is InChI=1S/C13H23N3O/c1-3-14-12(10-11-6-5-9-17-11)13-7-8-15-16(13)4-2/h7-8,11-12,14H,3-6,9-10H2,1-2H3. The lowest BCUT2D eigenvalue weighted by atomic mass is 10.0. The predicted octanol–water partition coefficient (Wildman–Crippen LogP) is 2.12. The average Bonchev–Trinajstić information content (AvgIpc) is 2.98. The quantitative estimate of drug-likeness (QED) is 0.823. The van der Waals surface area contributed by atoms with Crippen molar-refractivity contribution < 1.29 is 4.74 Å². The van der Waals surface area contributed by atoms with Crippen LogP contribution < -0.4 is 5.32 Å². The molecule has 96 valence electrons. The Kier molecular flexibility index (Phi) is 4.57. The van der Waals surface area contributed by atoms with E-state index in [0.29, 0.717) is 12.1 Å². The minimum Gasteiger partial charge on any atom is -0.378 e. The molecule has 1 aromatic heterocycles. The van der Waals surface area contributed by atoms with Gasteiger partial charge < -0.3 is 10.1 Å². The van der Waals surface area contributed by atoms with Crippen LogP contribution in [0.4, 0.5) is 0 Å². The van der Waals surface area contributed by atoms with Gasteiger partial charge in [0.25, 0.3) is 0 Å². The third-order valence-corrected chi connectivity index (χ3v) is 3.38. The molecule has 1 aliphatic rings. The van der Waals surface area contributed by atoms with Crippen LogP contribution >= 0.6 is 0 Å². The van der Waals surface area contributed by atoms with Crippen molar-refractivity contribution in [3.63, 3.8) is 0 Å². The number of ether oxygens (including phenoxy) is 1. The molecule has 4 nitrogen and oxygen atoms in total. The van der Waals surface area contributed by atoms with E-state index in [-0.39, 0.29) is 0 Å². The lowest BCUT2D eigenvalue weighted by Crippen LogP contribution is -2.27. The average molecular weight is 237 g/mol. The monoisotopic (exact) mass is 237 g/mol. The van der Waals surface area contributed by atoms with Crippen molar-refractivity contribution in [3.8, 4) is 0 Å². The van der Waals surface area contributed by atoms with E-state index in [9.17, 15) is 0 Å². The fraction of sp³-hybridized carbons (Fsp3) is 0.769. The molecule has 1 aliphatic heterocycles. The summed E-state index contributed by atoms with van der Waals surface area (Å²) in [6.45, 7) is 7.11. The number of aromatic nitrogens is 2. The van der Waals surface area contributed by atoms with Crippen LogP contribution in [0.3, 0.4) is 0 Å². The second kappa shape index (κ2) is 6.17. The molecule has 0 amide bonds. The Hall–Kier alpha value is -0.870. The molecule has 2 atom stereocenters. The lowest BCUT2D eigenvalue weighted by Gasteiger charge is -2.22. The molecule has 1 aromatic rings. The zero-order valence-corrected chi connectivity index (χ0v) is 10.9.